The van der Waals surface area contributed by atoms with Crippen molar-refractivity contribution < 1.29 is 4.74 Å². The lowest BCUT2D eigenvalue weighted by atomic mass is 10.1. The van der Waals surface area contributed by atoms with Gasteiger partial charge >= 0.3 is 0 Å². The van der Waals surface area contributed by atoms with Crippen molar-refractivity contribution in [1.29, 1.82) is 0 Å². The molecule has 1 heterocycles. The molecule has 0 fully saturated rings. The number of aromatic nitrogens is 2. The fourth-order valence-electron chi connectivity index (χ4n) is 1.53. The molecule has 0 bridgehead atoms. The fourth-order valence-corrected chi connectivity index (χ4v) is 1.53. The number of nitrogens with zero attached hydrogens (tertiary/aromatic N) is 2. The van der Waals surface area contributed by atoms with Gasteiger partial charge in [-0.3, -0.25) is 0 Å². The molecule has 1 N–H and O–H groups in total. The molecule has 1 aromatic heterocycles. The van der Waals surface area contributed by atoms with Crippen molar-refractivity contribution in [3.8, 4) is 0 Å². The van der Waals surface area contributed by atoms with Gasteiger partial charge in [0.15, 0.2) is 0 Å². The molecule has 0 aromatic carbocycles. The van der Waals surface area contributed by atoms with Crippen molar-refractivity contribution in [2.45, 2.75) is 33.7 Å². The highest BCUT2D eigenvalue weighted by atomic mass is 16.5. The zero-order chi connectivity index (χ0) is 12.5. The highest BCUT2D eigenvalue weighted by Gasteiger charge is 1.96. The summed E-state index contributed by atoms with van der Waals surface area (Å²) in [5, 5.41) is 3.37. The molecule has 1 rings (SSSR count). The van der Waals surface area contributed by atoms with E-state index in [1.807, 2.05) is 19.3 Å². The van der Waals surface area contributed by atoms with Gasteiger partial charge in [0, 0.05) is 38.6 Å². The summed E-state index contributed by atoms with van der Waals surface area (Å²) in [6, 6.07) is 0. The second-order valence-corrected chi connectivity index (χ2v) is 4.71. The van der Waals surface area contributed by atoms with E-state index in [1.165, 1.54) is 0 Å². The highest BCUT2D eigenvalue weighted by Crippen LogP contribution is 1.98. The summed E-state index contributed by atoms with van der Waals surface area (Å²) < 4.78 is 7.67. The minimum atomic E-state index is 0.729. The third-order valence-corrected chi connectivity index (χ3v) is 2.72. The maximum atomic E-state index is 5.52. The summed E-state index contributed by atoms with van der Waals surface area (Å²) in [6.07, 6.45) is 4.99. The Hall–Kier alpha value is -0.870. The zero-order valence-corrected chi connectivity index (χ0v) is 11.3. The van der Waals surface area contributed by atoms with E-state index >= 15 is 0 Å². The Labute approximate surface area is 104 Å². The van der Waals surface area contributed by atoms with Crippen LogP contribution in [0.2, 0.25) is 0 Å². The summed E-state index contributed by atoms with van der Waals surface area (Å²) in [5.41, 5.74) is 0. The normalized spacial score (nSPS) is 11.3. The first-order valence-electron chi connectivity index (χ1n) is 6.46. The Morgan fingerprint density at radius 1 is 1.35 bits per heavy atom. The second-order valence-electron chi connectivity index (χ2n) is 4.71. The molecule has 4 nitrogen and oxygen atoms in total. The van der Waals surface area contributed by atoms with Crippen LogP contribution in [0.3, 0.4) is 0 Å². The monoisotopic (exact) mass is 239 g/mol. The molecular weight excluding hydrogens is 214 g/mol. The summed E-state index contributed by atoms with van der Waals surface area (Å²) >= 11 is 0. The number of nitrogens with one attached hydrogen (secondary N) is 1. The molecule has 0 radical (unpaired) electrons. The molecule has 0 spiro atoms. The van der Waals surface area contributed by atoms with Crippen LogP contribution in [0.1, 0.15) is 26.1 Å². The van der Waals surface area contributed by atoms with Crippen LogP contribution in [0, 0.1) is 12.8 Å². The van der Waals surface area contributed by atoms with Gasteiger partial charge in [-0.25, -0.2) is 4.98 Å². The average molecular weight is 239 g/mol. The number of hydrogen-bond acceptors (Lipinski definition) is 3. The molecule has 0 unspecified atom stereocenters. The van der Waals surface area contributed by atoms with Gasteiger partial charge in [0.25, 0.3) is 0 Å². The molecule has 1 aromatic rings. The van der Waals surface area contributed by atoms with Crippen LogP contribution < -0.4 is 5.32 Å². The molecule has 4 heteroatoms. The number of imidazole rings is 1. The number of rotatable bonds is 9. The van der Waals surface area contributed by atoms with Crippen molar-refractivity contribution in [1.82, 2.24) is 14.9 Å². The zero-order valence-electron chi connectivity index (χ0n) is 11.3. The molecule has 0 saturated heterocycles. The van der Waals surface area contributed by atoms with Crippen molar-refractivity contribution in [3.63, 3.8) is 0 Å². The fraction of sp³-hybridized carbons (Fsp3) is 0.769. The van der Waals surface area contributed by atoms with Gasteiger partial charge in [0.1, 0.15) is 5.82 Å². The van der Waals surface area contributed by atoms with E-state index in [0.29, 0.717) is 0 Å². The maximum absolute atomic E-state index is 5.52. The maximum Gasteiger partial charge on any atom is 0.105 e. The number of ether oxygens (including phenoxy) is 1. The van der Waals surface area contributed by atoms with Crippen molar-refractivity contribution in [2.24, 2.45) is 5.92 Å². The molecular formula is C13H25N3O. The lowest BCUT2D eigenvalue weighted by Gasteiger charge is -2.08. The van der Waals surface area contributed by atoms with E-state index in [2.05, 4.69) is 28.7 Å². The molecule has 0 aliphatic rings. The molecule has 0 amide bonds. The van der Waals surface area contributed by atoms with E-state index in [0.717, 1.165) is 51.0 Å². The van der Waals surface area contributed by atoms with Crippen molar-refractivity contribution in [3.05, 3.63) is 18.2 Å². The first kappa shape index (κ1) is 14.2. The van der Waals surface area contributed by atoms with E-state index in [4.69, 9.17) is 4.74 Å². The first-order valence-corrected chi connectivity index (χ1v) is 6.46. The predicted octanol–water partition coefficient (Wildman–Crippen LogP) is 1.84. The Kier molecular flexibility index (Phi) is 6.89. The van der Waals surface area contributed by atoms with Crippen LogP contribution in [0.25, 0.3) is 0 Å². The average Bonchev–Trinajstić information content (AvgIpc) is 2.68. The van der Waals surface area contributed by atoms with Crippen LogP contribution >= 0.6 is 0 Å². The van der Waals surface area contributed by atoms with Gasteiger partial charge in [-0.15, -0.1) is 0 Å². The summed E-state index contributed by atoms with van der Waals surface area (Å²) in [4.78, 5) is 4.18. The van der Waals surface area contributed by atoms with Crippen LogP contribution in [-0.2, 0) is 11.3 Å². The van der Waals surface area contributed by atoms with Gasteiger partial charge in [-0.2, -0.15) is 0 Å². The molecule has 0 saturated carbocycles. The van der Waals surface area contributed by atoms with Gasteiger partial charge in [-0.05, 0) is 19.3 Å². The smallest absolute Gasteiger partial charge is 0.105 e. The van der Waals surface area contributed by atoms with Gasteiger partial charge in [0.2, 0.25) is 0 Å². The summed E-state index contributed by atoms with van der Waals surface area (Å²) in [5.74, 6) is 1.80. The van der Waals surface area contributed by atoms with Crippen LogP contribution in [0.15, 0.2) is 12.4 Å². The Bertz CT molecular complexity index is 297. The van der Waals surface area contributed by atoms with Gasteiger partial charge in [0.05, 0.1) is 6.61 Å². The third-order valence-electron chi connectivity index (χ3n) is 2.72. The predicted molar refractivity (Wildman–Crippen MR) is 70.1 cm³/mol. The van der Waals surface area contributed by atoms with Gasteiger partial charge < -0.3 is 14.6 Å². The van der Waals surface area contributed by atoms with Gasteiger partial charge in [-0.1, -0.05) is 13.8 Å². The highest BCUT2D eigenvalue weighted by molar-refractivity contribution is 4.88. The quantitative estimate of drug-likeness (QED) is 0.668. The van der Waals surface area contributed by atoms with Crippen LogP contribution in [0.5, 0.6) is 0 Å². The standard InChI is InChI=1S/C13H25N3O/c1-12(2)4-10-17-11-7-14-5-8-16-9-6-15-13(16)3/h6,9,12,14H,4-5,7-8,10-11H2,1-3H3. The lowest BCUT2D eigenvalue weighted by Crippen LogP contribution is -2.24. The van der Waals surface area contributed by atoms with E-state index in [9.17, 15) is 0 Å². The second kappa shape index (κ2) is 8.25. The first-order chi connectivity index (χ1) is 8.20. The SMILES string of the molecule is Cc1nccn1CCNCCOCCC(C)C. The summed E-state index contributed by atoms with van der Waals surface area (Å²) in [7, 11) is 0. The molecule has 17 heavy (non-hydrogen) atoms. The van der Waals surface area contributed by atoms with Crippen molar-refractivity contribution >= 4 is 0 Å². The topological polar surface area (TPSA) is 39.1 Å². The molecule has 0 aliphatic carbocycles. The Morgan fingerprint density at radius 3 is 2.82 bits per heavy atom. The molecule has 0 atom stereocenters. The Balaban J connectivity index is 1.90. The minimum Gasteiger partial charge on any atom is -0.380 e. The van der Waals surface area contributed by atoms with Crippen LogP contribution in [0.4, 0.5) is 0 Å². The minimum absolute atomic E-state index is 0.729. The number of hydrogen-bond donors (Lipinski definition) is 1. The summed E-state index contributed by atoms with van der Waals surface area (Å²) in [6.45, 7) is 11.0. The van der Waals surface area contributed by atoms with E-state index < -0.39 is 0 Å². The van der Waals surface area contributed by atoms with E-state index in [1.54, 1.807) is 0 Å². The molecule has 98 valence electrons. The lowest BCUT2D eigenvalue weighted by molar-refractivity contribution is 0.125. The molecule has 0 aliphatic heterocycles. The van der Waals surface area contributed by atoms with Crippen molar-refractivity contribution in [2.75, 3.05) is 26.3 Å². The largest absolute Gasteiger partial charge is 0.380 e. The van der Waals surface area contributed by atoms with E-state index in [-0.39, 0.29) is 0 Å². The Morgan fingerprint density at radius 2 is 2.18 bits per heavy atom. The number of aryl methyl sites for hydroxylation is 1. The third kappa shape index (κ3) is 6.44. The van der Waals surface area contributed by atoms with Crippen LogP contribution in [-0.4, -0.2) is 35.9 Å².